The molecule has 2 saturated carbocycles. The minimum absolute atomic E-state index is 0.123. The summed E-state index contributed by atoms with van der Waals surface area (Å²) in [6.45, 7) is 0. The molecule has 0 aromatic rings. The van der Waals surface area contributed by atoms with Gasteiger partial charge < -0.3 is 9.84 Å². The normalized spacial score (nSPS) is 40.9. The van der Waals surface area contributed by atoms with Gasteiger partial charge in [0.25, 0.3) is 0 Å². The molecule has 0 aliphatic heterocycles. The largest absolute Gasteiger partial charge is 0.481 e. The summed E-state index contributed by atoms with van der Waals surface area (Å²) in [6.07, 6.45) is 6.73. The molecule has 2 aliphatic rings. The zero-order chi connectivity index (χ0) is 10.8. The van der Waals surface area contributed by atoms with Crippen molar-refractivity contribution in [2.45, 2.75) is 44.6 Å². The Bertz CT molecular complexity index is 233. The molecule has 3 nitrogen and oxygen atoms in total. The van der Waals surface area contributed by atoms with Gasteiger partial charge in [0.05, 0.1) is 12.0 Å². The van der Waals surface area contributed by atoms with Crippen molar-refractivity contribution >= 4 is 5.97 Å². The van der Waals surface area contributed by atoms with Gasteiger partial charge in [-0.1, -0.05) is 6.42 Å². The van der Waals surface area contributed by atoms with Crippen molar-refractivity contribution in [3.05, 3.63) is 0 Å². The molecule has 0 heterocycles. The molecule has 3 heteroatoms. The first-order chi connectivity index (χ1) is 7.22. The van der Waals surface area contributed by atoms with Gasteiger partial charge in [0, 0.05) is 7.11 Å². The van der Waals surface area contributed by atoms with Crippen LogP contribution >= 0.6 is 0 Å². The maximum atomic E-state index is 11.0. The van der Waals surface area contributed by atoms with E-state index < -0.39 is 5.97 Å². The van der Waals surface area contributed by atoms with Crippen LogP contribution in [-0.4, -0.2) is 24.3 Å². The van der Waals surface area contributed by atoms with Gasteiger partial charge in [-0.25, -0.2) is 0 Å². The second kappa shape index (κ2) is 4.52. The summed E-state index contributed by atoms with van der Waals surface area (Å²) in [5.41, 5.74) is 0. The van der Waals surface area contributed by atoms with E-state index in [1.807, 2.05) is 0 Å². The Morgan fingerprint density at radius 2 is 2.07 bits per heavy atom. The average molecular weight is 212 g/mol. The number of methoxy groups -OCH3 is 1. The van der Waals surface area contributed by atoms with E-state index in [4.69, 9.17) is 9.84 Å². The van der Waals surface area contributed by atoms with Gasteiger partial charge in [0.15, 0.2) is 0 Å². The van der Waals surface area contributed by atoms with Gasteiger partial charge >= 0.3 is 5.97 Å². The number of carboxylic acids is 1. The Morgan fingerprint density at radius 3 is 2.73 bits per heavy atom. The van der Waals surface area contributed by atoms with Crippen LogP contribution in [0.4, 0.5) is 0 Å². The second-order valence-electron chi connectivity index (χ2n) is 4.98. The van der Waals surface area contributed by atoms with Crippen LogP contribution in [0, 0.1) is 17.8 Å². The SMILES string of the molecule is COC1CCCC2CCC(C(=O)O)CC21. The molecule has 0 aromatic carbocycles. The fourth-order valence-corrected chi connectivity index (χ4v) is 3.39. The summed E-state index contributed by atoms with van der Waals surface area (Å²) < 4.78 is 5.50. The van der Waals surface area contributed by atoms with Crippen LogP contribution in [0.15, 0.2) is 0 Å². The molecular formula is C12H20O3. The van der Waals surface area contributed by atoms with Crippen molar-refractivity contribution in [2.75, 3.05) is 7.11 Å². The molecule has 0 saturated heterocycles. The molecule has 4 unspecified atom stereocenters. The predicted octanol–water partition coefficient (Wildman–Crippen LogP) is 2.30. The highest BCUT2D eigenvalue weighted by Crippen LogP contribution is 2.43. The van der Waals surface area contributed by atoms with E-state index in [2.05, 4.69) is 0 Å². The Labute approximate surface area is 90.8 Å². The zero-order valence-electron chi connectivity index (χ0n) is 9.32. The summed E-state index contributed by atoms with van der Waals surface area (Å²) in [5.74, 6) is 0.480. The van der Waals surface area contributed by atoms with Gasteiger partial charge in [-0.2, -0.15) is 0 Å². The van der Waals surface area contributed by atoms with E-state index in [0.717, 1.165) is 31.6 Å². The van der Waals surface area contributed by atoms with Crippen LogP contribution < -0.4 is 0 Å². The molecule has 86 valence electrons. The van der Waals surface area contributed by atoms with Crippen molar-refractivity contribution in [1.82, 2.24) is 0 Å². The van der Waals surface area contributed by atoms with Crippen LogP contribution in [-0.2, 0) is 9.53 Å². The quantitative estimate of drug-likeness (QED) is 0.764. The molecule has 0 aromatic heterocycles. The molecule has 2 fully saturated rings. The number of aliphatic carboxylic acids is 1. The zero-order valence-corrected chi connectivity index (χ0v) is 9.32. The van der Waals surface area contributed by atoms with E-state index in [1.165, 1.54) is 12.8 Å². The smallest absolute Gasteiger partial charge is 0.306 e. The van der Waals surface area contributed by atoms with E-state index in [9.17, 15) is 4.79 Å². The van der Waals surface area contributed by atoms with Gasteiger partial charge in [0.1, 0.15) is 0 Å². The van der Waals surface area contributed by atoms with Gasteiger partial charge in [-0.05, 0) is 43.9 Å². The minimum Gasteiger partial charge on any atom is -0.481 e. The number of carbonyl (C=O) groups is 1. The Kier molecular flexibility index (Phi) is 3.29. The first-order valence-corrected chi connectivity index (χ1v) is 5.98. The van der Waals surface area contributed by atoms with Gasteiger partial charge in [-0.3, -0.25) is 4.79 Å². The van der Waals surface area contributed by atoms with E-state index in [0.29, 0.717) is 12.0 Å². The van der Waals surface area contributed by atoms with Crippen LogP contribution in [0.3, 0.4) is 0 Å². The second-order valence-corrected chi connectivity index (χ2v) is 4.98. The Morgan fingerprint density at radius 1 is 1.27 bits per heavy atom. The lowest BCUT2D eigenvalue weighted by atomic mass is 9.66. The fraction of sp³-hybridized carbons (Fsp3) is 0.917. The van der Waals surface area contributed by atoms with Gasteiger partial charge in [0.2, 0.25) is 0 Å². The number of carboxylic acid groups (broad SMARTS) is 1. The van der Waals surface area contributed by atoms with Crippen molar-refractivity contribution in [1.29, 1.82) is 0 Å². The lowest BCUT2D eigenvalue weighted by molar-refractivity contribution is -0.145. The van der Waals surface area contributed by atoms with Crippen LogP contribution in [0.5, 0.6) is 0 Å². The number of hydrogen-bond donors (Lipinski definition) is 1. The molecule has 0 spiro atoms. The third-order valence-electron chi connectivity index (χ3n) is 4.24. The number of ether oxygens (including phenoxy) is 1. The third-order valence-corrected chi connectivity index (χ3v) is 4.24. The molecular weight excluding hydrogens is 192 g/mol. The molecule has 2 aliphatic carbocycles. The van der Waals surface area contributed by atoms with Crippen LogP contribution in [0.2, 0.25) is 0 Å². The maximum Gasteiger partial charge on any atom is 0.306 e. The molecule has 0 bridgehead atoms. The lowest BCUT2D eigenvalue weighted by Gasteiger charge is -2.42. The first kappa shape index (κ1) is 10.9. The highest BCUT2D eigenvalue weighted by Gasteiger charge is 2.40. The summed E-state index contributed by atoms with van der Waals surface area (Å²) in [6, 6.07) is 0. The first-order valence-electron chi connectivity index (χ1n) is 5.98. The monoisotopic (exact) mass is 212 g/mol. The highest BCUT2D eigenvalue weighted by molar-refractivity contribution is 5.70. The van der Waals surface area contributed by atoms with Crippen molar-refractivity contribution in [2.24, 2.45) is 17.8 Å². The fourth-order valence-electron chi connectivity index (χ4n) is 3.39. The molecule has 4 atom stereocenters. The van der Waals surface area contributed by atoms with Gasteiger partial charge in [-0.15, -0.1) is 0 Å². The summed E-state index contributed by atoms with van der Waals surface area (Å²) >= 11 is 0. The molecule has 1 N–H and O–H groups in total. The highest BCUT2D eigenvalue weighted by atomic mass is 16.5. The number of rotatable bonds is 2. The van der Waals surface area contributed by atoms with Crippen LogP contribution in [0.1, 0.15) is 38.5 Å². The summed E-state index contributed by atoms with van der Waals surface area (Å²) in [7, 11) is 1.76. The number of fused-ring (bicyclic) bond motifs is 1. The predicted molar refractivity (Wildman–Crippen MR) is 56.6 cm³/mol. The van der Waals surface area contributed by atoms with Crippen molar-refractivity contribution in [3.8, 4) is 0 Å². The van der Waals surface area contributed by atoms with E-state index in [-0.39, 0.29) is 5.92 Å². The molecule has 0 radical (unpaired) electrons. The van der Waals surface area contributed by atoms with Crippen molar-refractivity contribution < 1.29 is 14.6 Å². The number of hydrogen-bond acceptors (Lipinski definition) is 2. The molecule has 15 heavy (non-hydrogen) atoms. The third kappa shape index (κ3) is 2.17. The van der Waals surface area contributed by atoms with E-state index >= 15 is 0 Å². The maximum absolute atomic E-state index is 11.0. The van der Waals surface area contributed by atoms with Crippen molar-refractivity contribution in [3.63, 3.8) is 0 Å². The average Bonchev–Trinajstić information content (AvgIpc) is 2.27. The van der Waals surface area contributed by atoms with Crippen LogP contribution in [0.25, 0.3) is 0 Å². The topological polar surface area (TPSA) is 46.5 Å². The standard InChI is InChI=1S/C12H20O3/c1-15-11-4-2-3-8-5-6-9(12(13)14)7-10(8)11/h8-11H,2-7H2,1H3,(H,13,14). The Hall–Kier alpha value is -0.570. The summed E-state index contributed by atoms with van der Waals surface area (Å²) in [4.78, 5) is 11.0. The Balaban J connectivity index is 2.03. The van der Waals surface area contributed by atoms with E-state index in [1.54, 1.807) is 7.11 Å². The lowest BCUT2D eigenvalue weighted by Crippen LogP contribution is -2.39. The minimum atomic E-state index is -0.617. The summed E-state index contributed by atoms with van der Waals surface area (Å²) in [5, 5.41) is 9.05. The molecule has 0 amide bonds. The molecule has 2 rings (SSSR count).